The smallest absolute Gasteiger partial charge is 0.345 e. The van der Waals surface area contributed by atoms with Gasteiger partial charge in [0, 0.05) is 28.3 Å². The van der Waals surface area contributed by atoms with E-state index >= 15 is 0 Å². The molecule has 1 aliphatic heterocycles. The molecule has 0 unspecified atom stereocenters. The number of rotatable bonds is 3. The molecule has 32 heavy (non-hydrogen) atoms. The fourth-order valence-corrected chi connectivity index (χ4v) is 8.50. The van der Waals surface area contributed by atoms with Crippen LogP contribution in [0.3, 0.4) is 0 Å². The molecule has 2 nitrogen and oxygen atoms in total. The van der Waals surface area contributed by atoms with Crippen LogP contribution in [0.2, 0.25) is 0 Å². The van der Waals surface area contributed by atoms with Crippen molar-refractivity contribution in [1.82, 2.24) is 0 Å². The van der Waals surface area contributed by atoms with E-state index in [9.17, 15) is 4.79 Å². The standard InChI is InChI=1S/C26H16I3O2S/c27-20-13-14-21(28)25(29)24(20)26(30)31-18-9-11-19(12-10-18)32-22-7-3-1-5-16(22)15-17-6-2-4-8-23(17)32/h1-14H,15H2/q+1. The number of esters is 1. The molecule has 0 aromatic heterocycles. The average Bonchev–Trinajstić information content (AvgIpc) is 2.81. The molecule has 4 aromatic carbocycles. The van der Waals surface area contributed by atoms with Gasteiger partial charge in [-0.25, -0.2) is 4.79 Å². The van der Waals surface area contributed by atoms with Crippen molar-refractivity contribution in [3.8, 4) is 5.75 Å². The van der Waals surface area contributed by atoms with Gasteiger partial charge in [-0.15, -0.1) is 0 Å². The molecular formula is C26H16I3O2S+. The lowest BCUT2D eigenvalue weighted by molar-refractivity contribution is 0.0732. The van der Waals surface area contributed by atoms with Crippen molar-refractivity contribution in [2.75, 3.05) is 0 Å². The first-order valence-corrected chi connectivity index (χ1v) is 14.3. The van der Waals surface area contributed by atoms with Crippen LogP contribution in [0.4, 0.5) is 0 Å². The molecule has 0 atom stereocenters. The predicted molar refractivity (Wildman–Crippen MR) is 154 cm³/mol. The van der Waals surface area contributed by atoms with Crippen molar-refractivity contribution in [3.63, 3.8) is 0 Å². The minimum Gasteiger partial charge on any atom is -0.423 e. The van der Waals surface area contributed by atoms with Gasteiger partial charge in [0.15, 0.2) is 14.7 Å². The molecule has 0 radical (unpaired) electrons. The number of hydrogen-bond acceptors (Lipinski definition) is 2. The zero-order valence-electron chi connectivity index (χ0n) is 16.6. The van der Waals surface area contributed by atoms with Gasteiger partial charge in [-0.2, -0.15) is 0 Å². The Morgan fingerprint density at radius 3 is 1.91 bits per heavy atom. The molecular weight excluding hydrogens is 757 g/mol. The molecule has 0 saturated carbocycles. The maximum absolute atomic E-state index is 12.9. The zero-order valence-corrected chi connectivity index (χ0v) is 23.9. The molecule has 6 heteroatoms. The van der Waals surface area contributed by atoms with Crippen LogP contribution >= 0.6 is 67.8 Å². The lowest BCUT2D eigenvalue weighted by Crippen LogP contribution is -2.16. The highest BCUT2D eigenvalue weighted by Gasteiger charge is 2.36. The summed E-state index contributed by atoms with van der Waals surface area (Å²) < 4.78 is 8.61. The van der Waals surface area contributed by atoms with Crippen LogP contribution in [0.25, 0.3) is 0 Å². The Balaban J connectivity index is 1.47. The SMILES string of the molecule is O=C(Oc1ccc([S+]2c3ccccc3Cc3ccccc32)cc1)c1c(I)ccc(I)c1I. The summed E-state index contributed by atoms with van der Waals surface area (Å²) in [5, 5.41) is 0. The summed E-state index contributed by atoms with van der Waals surface area (Å²) >= 11 is 6.64. The molecule has 1 aliphatic rings. The molecule has 0 spiro atoms. The molecule has 1 heterocycles. The normalized spacial score (nSPS) is 12.7. The van der Waals surface area contributed by atoms with Crippen molar-refractivity contribution in [3.05, 3.63) is 112 Å². The fourth-order valence-electron chi connectivity index (χ4n) is 3.79. The maximum atomic E-state index is 12.9. The summed E-state index contributed by atoms with van der Waals surface area (Å²) in [6.07, 6.45) is 0.971. The van der Waals surface area contributed by atoms with Crippen LogP contribution in [0, 0.1) is 10.7 Å². The quantitative estimate of drug-likeness (QED) is 0.0618. The Morgan fingerprint density at radius 1 is 0.719 bits per heavy atom. The van der Waals surface area contributed by atoms with Gasteiger partial charge in [-0.05, 0) is 116 Å². The highest BCUT2D eigenvalue weighted by atomic mass is 127. The van der Waals surface area contributed by atoms with E-state index in [4.69, 9.17) is 4.74 Å². The largest absolute Gasteiger partial charge is 0.423 e. The molecule has 0 saturated heterocycles. The minimum atomic E-state index is -0.319. The highest BCUT2D eigenvalue weighted by Crippen LogP contribution is 2.40. The summed E-state index contributed by atoms with van der Waals surface area (Å²) in [6, 6.07) is 29.4. The second-order valence-corrected chi connectivity index (χ2v) is 12.6. The molecule has 5 rings (SSSR count). The van der Waals surface area contributed by atoms with Gasteiger partial charge in [0.1, 0.15) is 5.75 Å². The highest BCUT2D eigenvalue weighted by molar-refractivity contribution is 14.1. The van der Waals surface area contributed by atoms with E-state index in [1.165, 1.54) is 25.8 Å². The van der Waals surface area contributed by atoms with E-state index < -0.39 is 0 Å². The molecule has 0 amide bonds. The third kappa shape index (κ3) is 4.35. The lowest BCUT2D eigenvalue weighted by Gasteiger charge is -2.19. The molecule has 0 fully saturated rings. The fraction of sp³-hybridized carbons (Fsp3) is 0.0385. The van der Waals surface area contributed by atoms with Gasteiger partial charge in [0.05, 0.1) is 16.5 Å². The number of hydrogen-bond donors (Lipinski definition) is 0. The van der Waals surface area contributed by atoms with Crippen molar-refractivity contribution in [2.24, 2.45) is 0 Å². The van der Waals surface area contributed by atoms with E-state index in [0.29, 0.717) is 11.3 Å². The summed E-state index contributed by atoms with van der Waals surface area (Å²) in [4.78, 5) is 16.9. The number of halogens is 3. The molecule has 4 aromatic rings. The van der Waals surface area contributed by atoms with Crippen LogP contribution in [-0.4, -0.2) is 5.97 Å². The van der Waals surface area contributed by atoms with Crippen molar-refractivity contribution in [2.45, 2.75) is 21.1 Å². The minimum absolute atomic E-state index is 0.169. The first-order chi connectivity index (χ1) is 15.5. The third-order valence-corrected chi connectivity index (χ3v) is 11.7. The summed E-state index contributed by atoms with van der Waals surface area (Å²) in [6.45, 7) is 0. The Kier molecular flexibility index (Phi) is 6.82. The number of benzene rings is 4. The van der Waals surface area contributed by atoms with E-state index in [2.05, 4.69) is 128 Å². The van der Waals surface area contributed by atoms with Crippen LogP contribution < -0.4 is 4.74 Å². The van der Waals surface area contributed by atoms with Gasteiger partial charge in [0.2, 0.25) is 0 Å². The van der Waals surface area contributed by atoms with Crippen LogP contribution in [-0.2, 0) is 17.3 Å². The van der Waals surface area contributed by atoms with Crippen LogP contribution in [0.15, 0.2) is 99.6 Å². The second-order valence-electron chi connectivity index (χ2n) is 7.28. The topological polar surface area (TPSA) is 26.3 Å². The zero-order chi connectivity index (χ0) is 22.2. The van der Waals surface area contributed by atoms with E-state index in [0.717, 1.165) is 17.1 Å². The first-order valence-electron chi connectivity index (χ1n) is 9.89. The monoisotopic (exact) mass is 773 g/mol. The molecule has 0 N–H and O–H groups in total. The number of ether oxygens (including phenoxy) is 1. The van der Waals surface area contributed by atoms with E-state index in [1.54, 1.807) is 0 Å². The van der Waals surface area contributed by atoms with E-state index in [1.807, 2.05) is 24.3 Å². The van der Waals surface area contributed by atoms with Gasteiger partial charge in [0.25, 0.3) is 0 Å². The van der Waals surface area contributed by atoms with Crippen LogP contribution in [0.1, 0.15) is 21.5 Å². The van der Waals surface area contributed by atoms with Gasteiger partial charge in [-0.3, -0.25) is 0 Å². The summed E-state index contributed by atoms with van der Waals surface area (Å²) in [5.74, 6) is 0.243. The van der Waals surface area contributed by atoms with Gasteiger partial charge >= 0.3 is 5.97 Å². The Morgan fingerprint density at radius 2 is 1.28 bits per heavy atom. The lowest BCUT2D eigenvalue weighted by atomic mass is 10.0. The average molecular weight is 773 g/mol. The van der Waals surface area contributed by atoms with Crippen molar-refractivity contribution < 1.29 is 9.53 Å². The molecule has 0 bridgehead atoms. The Labute approximate surface area is 230 Å². The Bertz CT molecular complexity index is 1290. The predicted octanol–water partition coefficient (Wildman–Crippen LogP) is 7.72. The first kappa shape index (κ1) is 22.7. The van der Waals surface area contributed by atoms with E-state index in [-0.39, 0.29) is 16.9 Å². The molecule has 158 valence electrons. The van der Waals surface area contributed by atoms with Gasteiger partial charge in [-0.1, -0.05) is 36.4 Å². The summed E-state index contributed by atoms with van der Waals surface area (Å²) in [7, 11) is -0.169. The number of fused-ring (bicyclic) bond motifs is 2. The van der Waals surface area contributed by atoms with Crippen molar-refractivity contribution >= 4 is 84.6 Å². The number of carbonyl (C=O) groups excluding carboxylic acids is 1. The van der Waals surface area contributed by atoms with Crippen molar-refractivity contribution in [1.29, 1.82) is 0 Å². The Hall–Kier alpha value is -1.11. The molecule has 0 aliphatic carbocycles. The second kappa shape index (κ2) is 9.63. The summed E-state index contributed by atoms with van der Waals surface area (Å²) in [5.41, 5.74) is 3.39. The third-order valence-electron chi connectivity index (χ3n) is 5.28. The maximum Gasteiger partial charge on any atom is 0.345 e. The van der Waals surface area contributed by atoms with Gasteiger partial charge < -0.3 is 4.74 Å². The van der Waals surface area contributed by atoms with Crippen LogP contribution in [0.5, 0.6) is 5.75 Å². The number of carbonyl (C=O) groups is 1.